The predicted molar refractivity (Wildman–Crippen MR) is 79.4 cm³/mol. The van der Waals surface area contributed by atoms with Crippen molar-refractivity contribution in [2.45, 2.75) is 33.2 Å². The average Bonchev–Trinajstić information content (AvgIpc) is 2.77. The van der Waals surface area contributed by atoms with Crippen molar-refractivity contribution in [3.05, 3.63) is 52.0 Å². The highest BCUT2D eigenvalue weighted by atomic mass is 79.9. The first-order chi connectivity index (χ1) is 9.11. The quantitative estimate of drug-likeness (QED) is 0.785. The second-order valence-electron chi connectivity index (χ2n) is 4.60. The molecule has 0 unspecified atom stereocenters. The molecule has 0 N–H and O–H groups in total. The molecule has 0 saturated heterocycles. The number of nitrogens with zero attached hydrogens (tertiary/aromatic N) is 2. The van der Waals surface area contributed by atoms with Crippen LogP contribution in [0.3, 0.4) is 0 Å². The minimum absolute atomic E-state index is 0.119. The minimum atomic E-state index is 0.119. The highest BCUT2D eigenvalue weighted by molar-refractivity contribution is 9.10. The van der Waals surface area contributed by atoms with Gasteiger partial charge in [0, 0.05) is 29.0 Å². The lowest BCUT2D eigenvalue weighted by Gasteiger charge is -2.07. The highest BCUT2D eigenvalue weighted by Gasteiger charge is 2.13. The number of ketones is 1. The number of imidazole rings is 1. The van der Waals surface area contributed by atoms with Crippen molar-refractivity contribution in [1.82, 2.24) is 9.55 Å². The van der Waals surface area contributed by atoms with E-state index >= 15 is 0 Å². The molecule has 0 spiro atoms. The van der Waals surface area contributed by atoms with E-state index in [9.17, 15) is 4.79 Å². The molecular formula is C15H17BrN2O. The van der Waals surface area contributed by atoms with Crippen LogP contribution in [0.4, 0.5) is 0 Å². The summed E-state index contributed by atoms with van der Waals surface area (Å²) in [6, 6.07) is 5.74. The van der Waals surface area contributed by atoms with E-state index in [0.29, 0.717) is 6.42 Å². The molecule has 2 aromatic rings. The summed E-state index contributed by atoms with van der Waals surface area (Å²) in [6.07, 6.45) is 5.08. The number of carbonyl (C=O) groups is 1. The summed E-state index contributed by atoms with van der Waals surface area (Å²) in [7, 11) is 0. The van der Waals surface area contributed by atoms with Gasteiger partial charge in [-0.1, -0.05) is 28.9 Å². The molecule has 19 heavy (non-hydrogen) atoms. The van der Waals surface area contributed by atoms with Gasteiger partial charge in [0.2, 0.25) is 0 Å². The average molecular weight is 321 g/mol. The molecule has 0 bridgehead atoms. The number of rotatable bonds is 5. The van der Waals surface area contributed by atoms with Crippen LogP contribution in [0.15, 0.2) is 35.1 Å². The zero-order chi connectivity index (χ0) is 13.8. The van der Waals surface area contributed by atoms with Crippen LogP contribution in [0.2, 0.25) is 0 Å². The lowest BCUT2D eigenvalue weighted by molar-refractivity contribution is 0.0989. The fourth-order valence-corrected chi connectivity index (χ4v) is 2.61. The second kappa shape index (κ2) is 6.15. The summed E-state index contributed by atoms with van der Waals surface area (Å²) in [4.78, 5) is 16.6. The number of hydrogen-bond donors (Lipinski definition) is 0. The molecule has 100 valence electrons. The predicted octanol–water partition coefficient (Wildman–Crippen LogP) is 3.79. The van der Waals surface area contributed by atoms with Crippen molar-refractivity contribution in [2.75, 3.05) is 0 Å². The molecule has 0 amide bonds. The monoisotopic (exact) mass is 320 g/mol. The summed E-state index contributed by atoms with van der Waals surface area (Å²) in [5.74, 6) is 0.961. The number of halogens is 1. The van der Waals surface area contributed by atoms with Gasteiger partial charge in [0.25, 0.3) is 0 Å². The van der Waals surface area contributed by atoms with Crippen LogP contribution in [0.1, 0.15) is 35.1 Å². The van der Waals surface area contributed by atoms with Gasteiger partial charge in [-0.05, 0) is 31.0 Å². The maximum atomic E-state index is 12.3. The molecule has 1 aromatic heterocycles. The molecular weight excluding hydrogens is 304 g/mol. The number of hydrogen-bond acceptors (Lipinski definition) is 2. The van der Waals surface area contributed by atoms with E-state index in [0.717, 1.165) is 34.4 Å². The third-order valence-electron chi connectivity index (χ3n) is 3.07. The Morgan fingerprint density at radius 3 is 2.89 bits per heavy atom. The van der Waals surface area contributed by atoms with Gasteiger partial charge in [0.1, 0.15) is 5.82 Å². The van der Waals surface area contributed by atoms with Gasteiger partial charge < -0.3 is 4.57 Å². The van der Waals surface area contributed by atoms with E-state index in [-0.39, 0.29) is 5.78 Å². The Hall–Kier alpha value is -1.42. The lowest BCUT2D eigenvalue weighted by Crippen LogP contribution is -2.11. The summed E-state index contributed by atoms with van der Waals surface area (Å²) in [5.41, 5.74) is 1.77. The van der Waals surface area contributed by atoms with Crippen molar-refractivity contribution in [1.29, 1.82) is 0 Å². The van der Waals surface area contributed by atoms with E-state index in [1.54, 1.807) is 6.20 Å². The molecule has 0 radical (unpaired) electrons. The Labute approximate surface area is 121 Å². The van der Waals surface area contributed by atoms with E-state index < -0.39 is 0 Å². The fraction of sp³-hybridized carbons (Fsp3) is 0.333. The Morgan fingerprint density at radius 1 is 1.42 bits per heavy atom. The van der Waals surface area contributed by atoms with Crippen LogP contribution < -0.4 is 0 Å². The molecule has 3 nitrogen and oxygen atoms in total. The number of Topliss-reactive ketones (excluding diaryl/α,β-unsaturated/α-hetero) is 1. The highest BCUT2D eigenvalue weighted by Crippen LogP contribution is 2.17. The van der Waals surface area contributed by atoms with Gasteiger partial charge in [0.05, 0.1) is 6.42 Å². The van der Waals surface area contributed by atoms with Gasteiger partial charge in [-0.2, -0.15) is 0 Å². The zero-order valence-corrected chi connectivity index (χ0v) is 12.8. The summed E-state index contributed by atoms with van der Waals surface area (Å²) in [5, 5.41) is 0. The van der Waals surface area contributed by atoms with Crippen molar-refractivity contribution < 1.29 is 4.79 Å². The van der Waals surface area contributed by atoms with Crippen molar-refractivity contribution >= 4 is 21.7 Å². The Kier molecular flexibility index (Phi) is 4.53. The molecule has 0 aliphatic rings. The van der Waals surface area contributed by atoms with Crippen LogP contribution in [-0.2, 0) is 13.0 Å². The van der Waals surface area contributed by atoms with Crippen LogP contribution in [0.5, 0.6) is 0 Å². The van der Waals surface area contributed by atoms with E-state index in [1.807, 2.05) is 35.9 Å². The molecule has 1 aromatic carbocycles. The normalized spacial score (nSPS) is 10.7. The number of aryl methyl sites for hydroxylation is 2. The summed E-state index contributed by atoms with van der Waals surface area (Å²) < 4.78 is 3.04. The topological polar surface area (TPSA) is 34.9 Å². The molecule has 0 fully saturated rings. The Balaban J connectivity index is 2.18. The van der Waals surface area contributed by atoms with Crippen molar-refractivity contribution in [3.8, 4) is 0 Å². The molecule has 1 heterocycles. The summed E-state index contributed by atoms with van der Waals surface area (Å²) >= 11 is 3.41. The summed E-state index contributed by atoms with van der Waals surface area (Å²) in [6.45, 7) is 4.98. The second-order valence-corrected chi connectivity index (χ2v) is 5.51. The molecule has 0 saturated carbocycles. The first-order valence-corrected chi connectivity index (χ1v) is 7.20. The number of carbonyl (C=O) groups excluding carboxylic acids is 1. The van der Waals surface area contributed by atoms with Crippen LogP contribution in [-0.4, -0.2) is 15.3 Å². The standard InChI is InChI=1S/C15H17BrN2O/c1-3-7-18-8-6-17-15(18)10-14(19)13-5-4-12(16)9-11(13)2/h4-6,8-9H,3,7,10H2,1-2H3. The van der Waals surface area contributed by atoms with E-state index in [2.05, 4.69) is 27.8 Å². The first kappa shape index (κ1) is 14.0. The SMILES string of the molecule is CCCn1ccnc1CC(=O)c1ccc(Br)cc1C. The number of benzene rings is 1. The molecule has 0 aliphatic carbocycles. The number of aromatic nitrogens is 2. The van der Waals surface area contributed by atoms with Crippen molar-refractivity contribution in [3.63, 3.8) is 0 Å². The van der Waals surface area contributed by atoms with Gasteiger partial charge in [-0.3, -0.25) is 4.79 Å². The third kappa shape index (κ3) is 3.32. The van der Waals surface area contributed by atoms with Crippen LogP contribution >= 0.6 is 15.9 Å². The molecule has 0 aliphatic heterocycles. The fourth-order valence-electron chi connectivity index (χ4n) is 2.13. The molecule has 2 rings (SSSR count). The minimum Gasteiger partial charge on any atom is -0.335 e. The van der Waals surface area contributed by atoms with Crippen LogP contribution in [0, 0.1) is 6.92 Å². The Bertz CT molecular complexity index is 590. The van der Waals surface area contributed by atoms with Crippen molar-refractivity contribution in [2.24, 2.45) is 0 Å². The lowest BCUT2D eigenvalue weighted by atomic mass is 10.0. The first-order valence-electron chi connectivity index (χ1n) is 6.41. The zero-order valence-electron chi connectivity index (χ0n) is 11.2. The van der Waals surface area contributed by atoms with E-state index in [4.69, 9.17) is 0 Å². The molecule has 4 heteroatoms. The smallest absolute Gasteiger partial charge is 0.170 e. The van der Waals surface area contributed by atoms with Gasteiger partial charge in [-0.15, -0.1) is 0 Å². The third-order valence-corrected chi connectivity index (χ3v) is 3.57. The largest absolute Gasteiger partial charge is 0.335 e. The van der Waals surface area contributed by atoms with Gasteiger partial charge in [-0.25, -0.2) is 4.98 Å². The van der Waals surface area contributed by atoms with Gasteiger partial charge in [0.15, 0.2) is 5.78 Å². The Morgan fingerprint density at radius 2 is 2.21 bits per heavy atom. The van der Waals surface area contributed by atoms with Gasteiger partial charge >= 0.3 is 0 Å². The van der Waals surface area contributed by atoms with E-state index in [1.165, 1.54) is 0 Å². The van der Waals surface area contributed by atoms with Crippen LogP contribution in [0.25, 0.3) is 0 Å². The maximum absolute atomic E-state index is 12.3. The molecule has 0 atom stereocenters. The maximum Gasteiger partial charge on any atom is 0.170 e.